The van der Waals surface area contributed by atoms with Crippen molar-refractivity contribution >= 4 is 22.8 Å². The summed E-state index contributed by atoms with van der Waals surface area (Å²) in [5.41, 5.74) is 0.666. The van der Waals surface area contributed by atoms with Crippen molar-refractivity contribution in [2.75, 3.05) is 31.8 Å². The molecule has 2 aromatic heterocycles. The summed E-state index contributed by atoms with van der Waals surface area (Å²) < 4.78 is 11.9. The number of methoxy groups -OCH3 is 1. The van der Waals surface area contributed by atoms with Crippen LogP contribution in [-0.4, -0.2) is 58.6 Å². The van der Waals surface area contributed by atoms with Gasteiger partial charge in [0.2, 0.25) is 0 Å². The van der Waals surface area contributed by atoms with Gasteiger partial charge in [-0.3, -0.25) is 4.79 Å². The average Bonchev–Trinajstić information content (AvgIpc) is 3.04. The second-order valence-corrected chi connectivity index (χ2v) is 6.34. The van der Waals surface area contributed by atoms with Crippen LogP contribution < -0.4 is 4.90 Å². The Kier molecular flexibility index (Phi) is 4.05. The molecule has 128 valence electrons. The first kappa shape index (κ1) is 15.3. The molecule has 0 amide bonds. The zero-order valence-electron chi connectivity index (χ0n) is 13.7. The van der Waals surface area contributed by atoms with Crippen molar-refractivity contribution in [3.63, 3.8) is 0 Å². The van der Waals surface area contributed by atoms with Crippen LogP contribution in [-0.2, 0) is 20.8 Å². The number of aromatic nitrogens is 4. The Labute approximate surface area is 139 Å². The van der Waals surface area contributed by atoms with E-state index in [2.05, 4.69) is 20.0 Å². The van der Waals surface area contributed by atoms with Gasteiger partial charge in [-0.05, 0) is 19.3 Å². The monoisotopic (exact) mass is 331 g/mol. The van der Waals surface area contributed by atoms with E-state index < -0.39 is 0 Å². The van der Waals surface area contributed by atoms with Crippen LogP contribution in [0.25, 0.3) is 11.0 Å². The zero-order chi connectivity index (χ0) is 16.5. The van der Waals surface area contributed by atoms with Gasteiger partial charge in [-0.2, -0.15) is 5.10 Å². The minimum atomic E-state index is -0.345. The molecular formula is C16H21N5O3. The first-order chi connectivity index (χ1) is 11.8. The molecule has 4 rings (SSSR count). The number of esters is 1. The predicted octanol–water partition coefficient (Wildman–Crippen LogP) is 1.00. The number of piperidine rings is 1. The molecule has 0 aliphatic carbocycles. The molecule has 2 atom stereocenters. The summed E-state index contributed by atoms with van der Waals surface area (Å²) in [4.78, 5) is 22.8. The lowest BCUT2D eigenvalue weighted by molar-refractivity contribution is -0.141. The Morgan fingerprint density at radius 1 is 1.42 bits per heavy atom. The molecule has 0 N–H and O–H groups in total. The van der Waals surface area contributed by atoms with Crippen molar-refractivity contribution in [3.8, 4) is 0 Å². The summed E-state index contributed by atoms with van der Waals surface area (Å²) in [6.07, 6.45) is 6.66. The lowest BCUT2D eigenvalue weighted by atomic mass is 9.86. The summed E-state index contributed by atoms with van der Waals surface area (Å²) in [5, 5.41) is 5.19. The van der Waals surface area contributed by atoms with Gasteiger partial charge in [-0.1, -0.05) is 0 Å². The summed E-state index contributed by atoms with van der Waals surface area (Å²) in [5.74, 6) is 1.12. The number of hydrogen-bond donors (Lipinski definition) is 0. The normalized spacial score (nSPS) is 24.0. The van der Waals surface area contributed by atoms with Gasteiger partial charge in [0.1, 0.15) is 18.7 Å². The molecule has 8 heteroatoms. The van der Waals surface area contributed by atoms with Crippen LogP contribution in [0.3, 0.4) is 0 Å². The van der Waals surface area contributed by atoms with Crippen LogP contribution in [0.5, 0.6) is 0 Å². The van der Waals surface area contributed by atoms with Crippen LogP contribution in [0.2, 0.25) is 0 Å². The van der Waals surface area contributed by atoms with Crippen molar-refractivity contribution < 1.29 is 14.3 Å². The van der Waals surface area contributed by atoms with Crippen molar-refractivity contribution in [1.29, 1.82) is 0 Å². The van der Waals surface area contributed by atoms with E-state index >= 15 is 0 Å². The van der Waals surface area contributed by atoms with Gasteiger partial charge in [0.05, 0.1) is 25.3 Å². The van der Waals surface area contributed by atoms with Gasteiger partial charge in [0.15, 0.2) is 5.65 Å². The highest BCUT2D eigenvalue weighted by atomic mass is 16.5. The Balaban J connectivity index is 1.70. The van der Waals surface area contributed by atoms with E-state index in [1.165, 1.54) is 13.5 Å². The van der Waals surface area contributed by atoms with Gasteiger partial charge >= 0.3 is 5.97 Å². The van der Waals surface area contributed by atoms with Gasteiger partial charge in [-0.25, -0.2) is 14.6 Å². The molecule has 0 spiro atoms. The van der Waals surface area contributed by atoms with E-state index in [4.69, 9.17) is 9.47 Å². The quantitative estimate of drug-likeness (QED) is 0.776. The second-order valence-electron chi connectivity index (χ2n) is 6.34. The molecule has 2 fully saturated rings. The number of carbonyl (C=O) groups is 1. The number of ether oxygens (including phenoxy) is 2. The van der Waals surface area contributed by atoms with Gasteiger partial charge in [0.25, 0.3) is 0 Å². The zero-order valence-corrected chi connectivity index (χ0v) is 13.7. The largest absolute Gasteiger partial charge is 0.468 e. The standard InChI is InChI=1S/C16H21N5O3/c1-23-14(22)8-21-16-12(7-19-21)15(17-10-18-16)20-5-2-3-11-9-24-6-4-13(11)20/h7,10-11,13H,2-6,8-9H2,1H3/t11-,13-/m1/s1. The number of fused-ring (bicyclic) bond motifs is 2. The fourth-order valence-electron chi connectivity index (χ4n) is 3.84. The Bertz CT molecular complexity index is 744. The smallest absolute Gasteiger partial charge is 0.327 e. The first-order valence-corrected chi connectivity index (χ1v) is 8.35. The lowest BCUT2D eigenvalue weighted by Crippen LogP contribution is -2.50. The van der Waals surface area contributed by atoms with E-state index in [1.54, 1.807) is 17.2 Å². The molecule has 2 aromatic rings. The fraction of sp³-hybridized carbons (Fsp3) is 0.625. The first-order valence-electron chi connectivity index (χ1n) is 8.35. The lowest BCUT2D eigenvalue weighted by Gasteiger charge is -2.44. The Hall–Kier alpha value is -2.22. The summed E-state index contributed by atoms with van der Waals surface area (Å²) in [6.45, 7) is 2.66. The SMILES string of the molecule is COC(=O)Cn1ncc2c(N3CCC[C@@H]4COCC[C@H]43)ncnc21. The van der Waals surface area contributed by atoms with Crippen molar-refractivity contribution in [2.45, 2.75) is 31.8 Å². The molecule has 0 saturated carbocycles. The molecule has 0 unspecified atom stereocenters. The topological polar surface area (TPSA) is 82.4 Å². The number of hydrogen-bond acceptors (Lipinski definition) is 7. The van der Waals surface area contributed by atoms with Gasteiger partial charge in [-0.15, -0.1) is 0 Å². The van der Waals surface area contributed by atoms with Gasteiger partial charge in [0, 0.05) is 25.1 Å². The van der Waals surface area contributed by atoms with Crippen molar-refractivity contribution in [3.05, 3.63) is 12.5 Å². The number of rotatable bonds is 3. The van der Waals surface area contributed by atoms with Crippen molar-refractivity contribution in [2.24, 2.45) is 5.92 Å². The van der Waals surface area contributed by atoms with E-state index in [1.807, 2.05) is 0 Å². The van der Waals surface area contributed by atoms with Crippen molar-refractivity contribution in [1.82, 2.24) is 19.7 Å². The molecule has 2 aliphatic heterocycles. The number of nitrogens with zero attached hydrogens (tertiary/aromatic N) is 5. The third-order valence-electron chi connectivity index (χ3n) is 5.00. The minimum Gasteiger partial charge on any atom is -0.468 e. The van der Waals surface area contributed by atoms with Crippen LogP contribution in [0.1, 0.15) is 19.3 Å². The van der Waals surface area contributed by atoms with Crippen LogP contribution in [0, 0.1) is 5.92 Å². The molecule has 0 aromatic carbocycles. The average molecular weight is 331 g/mol. The van der Waals surface area contributed by atoms with E-state index in [0.29, 0.717) is 17.6 Å². The summed E-state index contributed by atoms with van der Waals surface area (Å²) in [6, 6.07) is 0.453. The third-order valence-corrected chi connectivity index (χ3v) is 5.00. The second kappa shape index (κ2) is 6.35. The molecule has 4 heterocycles. The number of anilines is 1. The summed E-state index contributed by atoms with van der Waals surface area (Å²) in [7, 11) is 1.37. The Morgan fingerprint density at radius 2 is 2.33 bits per heavy atom. The van der Waals surface area contributed by atoms with Crippen LogP contribution in [0.4, 0.5) is 5.82 Å². The highest BCUT2D eigenvalue weighted by Crippen LogP contribution is 2.34. The fourth-order valence-corrected chi connectivity index (χ4v) is 3.84. The Morgan fingerprint density at radius 3 is 3.21 bits per heavy atom. The molecule has 2 saturated heterocycles. The highest BCUT2D eigenvalue weighted by molar-refractivity contribution is 5.87. The maximum absolute atomic E-state index is 11.5. The van der Waals surface area contributed by atoms with E-state index in [9.17, 15) is 4.79 Å². The van der Waals surface area contributed by atoms with Crippen LogP contribution >= 0.6 is 0 Å². The molecule has 24 heavy (non-hydrogen) atoms. The van der Waals surface area contributed by atoms with Gasteiger partial charge < -0.3 is 14.4 Å². The minimum absolute atomic E-state index is 0.0519. The molecule has 8 nitrogen and oxygen atoms in total. The highest BCUT2D eigenvalue weighted by Gasteiger charge is 2.35. The molecule has 2 aliphatic rings. The maximum atomic E-state index is 11.5. The van der Waals surface area contributed by atoms with E-state index in [-0.39, 0.29) is 12.5 Å². The number of carbonyl (C=O) groups excluding carboxylic acids is 1. The van der Waals surface area contributed by atoms with E-state index in [0.717, 1.165) is 43.8 Å². The molecule has 0 radical (unpaired) electrons. The van der Waals surface area contributed by atoms with Crippen LogP contribution in [0.15, 0.2) is 12.5 Å². The molecular weight excluding hydrogens is 310 g/mol. The third kappa shape index (κ3) is 2.60. The maximum Gasteiger partial charge on any atom is 0.327 e. The summed E-state index contributed by atoms with van der Waals surface area (Å²) >= 11 is 0. The molecule has 0 bridgehead atoms. The predicted molar refractivity (Wildman–Crippen MR) is 86.6 cm³/mol.